The predicted molar refractivity (Wildman–Crippen MR) is 74.1 cm³/mol. The molecule has 2 rings (SSSR count). The van der Waals surface area contributed by atoms with E-state index in [0.29, 0.717) is 11.4 Å². The minimum atomic E-state index is -1.01. The molecule has 0 saturated carbocycles. The van der Waals surface area contributed by atoms with Crippen LogP contribution in [0.4, 0.5) is 0 Å². The van der Waals surface area contributed by atoms with E-state index in [2.05, 4.69) is 10.3 Å². The highest BCUT2D eigenvalue weighted by atomic mass is 32.1. The third-order valence-corrected chi connectivity index (χ3v) is 4.56. The highest BCUT2D eigenvalue weighted by Gasteiger charge is 2.14. The number of thiophene rings is 1. The van der Waals surface area contributed by atoms with E-state index in [1.54, 1.807) is 17.5 Å². The highest BCUT2D eigenvalue weighted by Crippen LogP contribution is 2.18. The first kappa shape index (κ1) is 13.7. The second-order valence-electron chi connectivity index (χ2n) is 3.95. The van der Waals surface area contributed by atoms with Gasteiger partial charge in [0.15, 0.2) is 0 Å². The van der Waals surface area contributed by atoms with Crippen molar-refractivity contribution in [2.24, 2.45) is 0 Å². The second kappa shape index (κ2) is 5.94. The Hall–Kier alpha value is -1.73. The number of carbonyl (C=O) groups excluding carboxylic acids is 1. The summed E-state index contributed by atoms with van der Waals surface area (Å²) >= 11 is 2.52. The SMILES string of the molecule is CC(CNC(=O)c1ccc(C(=O)O)s1)c1nccs1. The molecule has 0 spiro atoms. The molecule has 0 radical (unpaired) electrons. The van der Waals surface area contributed by atoms with Crippen molar-refractivity contribution in [1.82, 2.24) is 10.3 Å². The van der Waals surface area contributed by atoms with E-state index in [-0.39, 0.29) is 16.7 Å². The van der Waals surface area contributed by atoms with Crippen LogP contribution >= 0.6 is 22.7 Å². The van der Waals surface area contributed by atoms with Gasteiger partial charge < -0.3 is 10.4 Å². The topological polar surface area (TPSA) is 79.3 Å². The number of aromatic nitrogens is 1. The smallest absolute Gasteiger partial charge is 0.345 e. The van der Waals surface area contributed by atoms with Crippen molar-refractivity contribution >= 4 is 34.6 Å². The van der Waals surface area contributed by atoms with Gasteiger partial charge in [-0.2, -0.15) is 0 Å². The molecule has 100 valence electrons. The maximum atomic E-state index is 11.8. The molecule has 0 aliphatic carbocycles. The van der Waals surface area contributed by atoms with Gasteiger partial charge in [-0.25, -0.2) is 9.78 Å². The van der Waals surface area contributed by atoms with E-state index < -0.39 is 5.97 Å². The molecule has 1 unspecified atom stereocenters. The number of nitrogens with one attached hydrogen (secondary N) is 1. The van der Waals surface area contributed by atoms with Gasteiger partial charge in [0, 0.05) is 24.0 Å². The molecule has 2 aromatic rings. The van der Waals surface area contributed by atoms with Crippen molar-refractivity contribution in [2.45, 2.75) is 12.8 Å². The molecular formula is C12H12N2O3S2. The van der Waals surface area contributed by atoms with Crippen LogP contribution in [0.3, 0.4) is 0 Å². The number of nitrogens with zero attached hydrogens (tertiary/aromatic N) is 1. The Balaban J connectivity index is 1.92. The van der Waals surface area contributed by atoms with Crippen molar-refractivity contribution in [3.63, 3.8) is 0 Å². The average molecular weight is 296 g/mol. The summed E-state index contributed by atoms with van der Waals surface area (Å²) < 4.78 is 0. The maximum Gasteiger partial charge on any atom is 0.345 e. The molecule has 7 heteroatoms. The fourth-order valence-electron chi connectivity index (χ4n) is 1.47. The van der Waals surface area contributed by atoms with E-state index in [9.17, 15) is 9.59 Å². The van der Waals surface area contributed by atoms with Crippen molar-refractivity contribution in [3.8, 4) is 0 Å². The fraction of sp³-hybridized carbons (Fsp3) is 0.250. The van der Waals surface area contributed by atoms with E-state index in [1.165, 1.54) is 12.1 Å². The number of carbonyl (C=O) groups is 2. The molecule has 0 bridgehead atoms. The Morgan fingerprint density at radius 3 is 2.74 bits per heavy atom. The number of carboxylic acid groups (broad SMARTS) is 1. The number of hydrogen-bond acceptors (Lipinski definition) is 5. The third-order valence-electron chi connectivity index (χ3n) is 2.48. The summed E-state index contributed by atoms with van der Waals surface area (Å²) in [5.74, 6) is -1.12. The Bertz CT molecular complexity index is 578. The van der Waals surface area contributed by atoms with Gasteiger partial charge >= 0.3 is 5.97 Å². The first-order valence-electron chi connectivity index (χ1n) is 5.58. The molecule has 1 atom stereocenters. The first-order chi connectivity index (χ1) is 9.08. The van der Waals surface area contributed by atoms with Gasteiger partial charge in [-0.3, -0.25) is 4.79 Å². The predicted octanol–water partition coefficient (Wildman–Crippen LogP) is 2.44. The number of aromatic carboxylic acids is 1. The van der Waals surface area contributed by atoms with Crippen LogP contribution in [0.2, 0.25) is 0 Å². The van der Waals surface area contributed by atoms with Crippen LogP contribution in [0.5, 0.6) is 0 Å². The molecule has 0 aromatic carbocycles. The standard InChI is InChI=1S/C12H12N2O3S2/c1-7(11-13-4-5-18-11)6-14-10(15)8-2-3-9(19-8)12(16)17/h2-5,7H,6H2,1H3,(H,14,15)(H,16,17). The van der Waals surface area contributed by atoms with Gasteiger partial charge in [-0.1, -0.05) is 6.92 Å². The molecular weight excluding hydrogens is 284 g/mol. The maximum absolute atomic E-state index is 11.8. The molecule has 2 N–H and O–H groups in total. The summed E-state index contributed by atoms with van der Waals surface area (Å²) in [5, 5.41) is 14.4. The van der Waals surface area contributed by atoms with Crippen LogP contribution in [-0.2, 0) is 0 Å². The Kier molecular flexibility index (Phi) is 4.28. The number of rotatable bonds is 5. The molecule has 19 heavy (non-hydrogen) atoms. The van der Waals surface area contributed by atoms with Gasteiger partial charge in [-0.15, -0.1) is 22.7 Å². The summed E-state index contributed by atoms with van der Waals surface area (Å²) in [5.41, 5.74) is 0. The van der Waals surface area contributed by atoms with Crippen LogP contribution in [-0.4, -0.2) is 28.5 Å². The number of carboxylic acids is 1. The highest BCUT2D eigenvalue weighted by molar-refractivity contribution is 7.15. The lowest BCUT2D eigenvalue weighted by Crippen LogP contribution is -2.26. The van der Waals surface area contributed by atoms with E-state index >= 15 is 0 Å². The zero-order valence-corrected chi connectivity index (χ0v) is 11.8. The average Bonchev–Trinajstić information content (AvgIpc) is 3.05. The fourth-order valence-corrected chi connectivity index (χ4v) is 2.93. The quantitative estimate of drug-likeness (QED) is 0.888. The largest absolute Gasteiger partial charge is 0.477 e. The molecule has 2 aromatic heterocycles. The van der Waals surface area contributed by atoms with Crippen molar-refractivity contribution in [3.05, 3.63) is 38.5 Å². The summed E-state index contributed by atoms with van der Waals surface area (Å²) in [6, 6.07) is 2.96. The molecule has 5 nitrogen and oxygen atoms in total. The first-order valence-corrected chi connectivity index (χ1v) is 7.28. The molecule has 0 saturated heterocycles. The Labute approximate surface area is 117 Å². The van der Waals surface area contributed by atoms with Crippen LogP contribution in [0.15, 0.2) is 23.7 Å². The van der Waals surface area contributed by atoms with Gasteiger partial charge in [0.1, 0.15) is 4.88 Å². The normalized spacial score (nSPS) is 12.1. The molecule has 1 amide bonds. The van der Waals surface area contributed by atoms with E-state index in [4.69, 9.17) is 5.11 Å². The summed E-state index contributed by atoms with van der Waals surface area (Å²) in [6.07, 6.45) is 1.73. The summed E-state index contributed by atoms with van der Waals surface area (Å²) in [4.78, 5) is 27.3. The lowest BCUT2D eigenvalue weighted by atomic mass is 10.2. The summed E-state index contributed by atoms with van der Waals surface area (Å²) in [7, 11) is 0. The minimum absolute atomic E-state index is 0.142. The van der Waals surface area contributed by atoms with Crippen molar-refractivity contribution < 1.29 is 14.7 Å². The van der Waals surface area contributed by atoms with Gasteiger partial charge in [0.25, 0.3) is 5.91 Å². The molecule has 0 aliphatic heterocycles. The second-order valence-corrected chi connectivity index (χ2v) is 5.96. The molecule has 2 heterocycles. The van der Waals surface area contributed by atoms with Gasteiger partial charge in [-0.05, 0) is 12.1 Å². The zero-order valence-electron chi connectivity index (χ0n) is 10.1. The number of thiazole rings is 1. The number of amides is 1. The lowest BCUT2D eigenvalue weighted by Gasteiger charge is -2.09. The lowest BCUT2D eigenvalue weighted by molar-refractivity contribution is 0.0702. The van der Waals surface area contributed by atoms with E-state index in [0.717, 1.165) is 16.3 Å². The van der Waals surface area contributed by atoms with E-state index in [1.807, 2.05) is 12.3 Å². The molecule has 0 fully saturated rings. The van der Waals surface area contributed by atoms with Crippen LogP contribution < -0.4 is 5.32 Å². The Morgan fingerprint density at radius 2 is 2.16 bits per heavy atom. The van der Waals surface area contributed by atoms with Gasteiger partial charge in [0.05, 0.1) is 9.88 Å². The van der Waals surface area contributed by atoms with Crippen LogP contribution in [0, 0.1) is 0 Å². The third kappa shape index (κ3) is 3.39. The van der Waals surface area contributed by atoms with Gasteiger partial charge in [0.2, 0.25) is 0 Å². The van der Waals surface area contributed by atoms with Crippen LogP contribution in [0.1, 0.15) is 37.2 Å². The minimum Gasteiger partial charge on any atom is -0.477 e. The zero-order chi connectivity index (χ0) is 13.8. The molecule has 0 aliphatic rings. The summed E-state index contributed by atoms with van der Waals surface area (Å²) in [6.45, 7) is 2.46. The Morgan fingerprint density at radius 1 is 1.42 bits per heavy atom. The van der Waals surface area contributed by atoms with Crippen molar-refractivity contribution in [2.75, 3.05) is 6.54 Å². The van der Waals surface area contributed by atoms with Crippen molar-refractivity contribution in [1.29, 1.82) is 0 Å². The monoisotopic (exact) mass is 296 g/mol. The van der Waals surface area contributed by atoms with Crippen LogP contribution in [0.25, 0.3) is 0 Å². The number of hydrogen-bond donors (Lipinski definition) is 2.